The van der Waals surface area contributed by atoms with Crippen molar-refractivity contribution < 1.29 is 14.3 Å². The molecule has 144 valence electrons. The van der Waals surface area contributed by atoms with Crippen LogP contribution in [-0.4, -0.2) is 45.7 Å². The van der Waals surface area contributed by atoms with Crippen LogP contribution in [0.2, 0.25) is 0 Å². The Labute approximate surface area is 170 Å². The van der Waals surface area contributed by atoms with Crippen LogP contribution in [0.5, 0.6) is 0 Å². The highest BCUT2D eigenvalue weighted by Gasteiger charge is 2.21. The van der Waals surface area contributed by atoms with Gasteiger partial charge in [-0.25, -0.2) is 14.6 Å². The van der Waals surface area contributed by atoms with Crippen molar-refractivity contribution >= 4 is 33.9 Å². The van der Waals surface area contributed by atoms with Crippen LogP contribution in [0.3, 0.4) is 0 Å². The normalized spacial score (nSPS) is 10.7. The van der Waals surface area contributed by atoms with Gasteiger partial charge in [0.15, 0.2) is 6.29 Å². The van der Waals surface area contributed by atoms with E-state index in [0.717, 1.165) is 4.47 Å². The molecule has 0 saturated carbocycles. The molecule has 0 fully saturated rings. The van der Waals surface area contributed by atoms with Gasteiger partial charge in [0, 0.05) is 35.1 Å². The van der Waals surface area contributed by atoms with E-state index in [-0.39, 0.29) is 11.5 Å². The molecule has 0 atom stereocenters. The number of carbonyl (C=O) groups is 2. The molecule has 1 amide bonds. The van der Waals surface area contributed by atoms with Crippen LogP contribution in [-0.2, 0) is 11.3 Å². The molecule has 0 radical (unpaired) electrons. The van der Waals surface area contributed by atoms with Crippen LogP contribution in [0.1, 0.15) is 26.5 Å². The topological polar surface area (TPSA) is 99.0 Å². The van der Waals surface area contributed by atoms with Gasteiger partial charge in [0.05, 0.1) is 18.7 Å². The summed E-state index contributed by atoms with van der Waals surface area (Å²) in [6.07, 6.45) is 3.86. The summed E-state index contributed by atoms with van der Waals surface area (Å²) in [6.45, 7) is 2.50. The second-order valence-corrected chi connectivity index (χ2v) is 6.84. The molecular formula is C19H18BrN5O3. The van der Waals surface area contributed by atoms with Gasteiger partial charge in [-0.2, -0.15) is 5.10 Å². The molecule has 0 spiro atoms. The number of aromatic nitrogens is 4. The second kappa shape index (κ2) is 8.85. The Balaban J connectivity index is 2.01. The number of hydrogen-bond acceptors (Lipinski definition) is 6. The lowest BCUT2D eigenvalue weighted by Crippen LogP contribution is -2.18. The first-order valence-electron chi connectivity index (χ1n) is 8.44. The molecule has 0 aliphatic carbocycles. The number of carbonyl (C=O) groups excluding carboxylic acids is 2. The van der Waals surface area contributed by atoms with E-state index in [1.807, 2.05) is 0 Å². The predicted molar refractivity (Wildman–Crippen MR) is 107 cm³/mol. The van der Waals surface area contributed by atoms with Gasteiger partial charge in [0.1, 0.15) is 17.3 Å². The zero-order chi connectivity index (χ0) is 20.1. The summed E-state index contributed by atoms with van der Waals surface area (Å²) in [7, 11) is 1.57. The zero-order valence-electron chi connectivity index (χ0n) is 15.3. The van der Waals surface area contributed by atoms with E-state index in [0.29, 0.717) is 47.9 Å². The van der Waals surface area contributed by atoms with Gasteiger partial charge in [-0.15, -0.1) is 0 Å². The third-order valence-corrected chi connectivity index (χ3v) is 4.54. The average molecular weight is 444 g/mol. The lowest BCUT2D eigenvalue weighted by Gasteiger charge is -2.09. The molecule has 0 saturated heterocycles. The summed E-state index contributed by atoms with van der Waals surface area (Å²) in [5, 5.41) is 7.28. The molecule has 2 heterocycles. The summed E-state index contributed by atoms with van der Waals surface area (Å²) >= 11 is 3.34. The van der Waals surface area contributed by atoms with Crippen molar-refractivity contribution in [1.29, 1.82) is 0 Å². The number of amides is 1. The van der Waals surface area contributed by atoms with Gasteiger partial charge in [-0.05, 0) is 31.2 Å². The quantitative estimate of drug-likeness (QED) is 0.563. The van der Waals surface area contributed by atoms with Crippen molar-refractivity contribution in [2.45, 2.75) is 13.5 Å². The van der Waals surface area contributed by atoms with E-state index >= 15 is 0 Å². The summed E-state index contributed by atoms with van der Waals surface area (Å²) in [5.41, 5.74) is 1.70. The summed E-state index contributed by atoms with van der Waals surface area (Å²) in [6, 6.07) is 6.91. The molecule has 3 aromatic rings. The van der Waals surface area contributed by atoms with Crippen LogP contribution < -0.4 is 5.32 Å². The van der Waals surface area contributed by atoms with Crippen molar-refractivity contribution in [3.05, 3.63) is 58.1 Å². The van der Waals surface area contributed by atoms with Crippen molar-refractivity contribution in [1.82, 2.24) is 19.7 Å². The molecule has 0 bridgehead atoms. The Bertz CT molecular complexity index is 984. The van der Waals surface area contributed by atoms with Crippen LogP contribution in [0.4, 0.5) is 5.82 Å². The maximum atomic E-state index is 12.7. The number of methoxy groups -OCH3 is 1. The molecular weight excluding hydrogens is 426 g/mol. The molecule has 0 aliphatic heterocycles. The van der Waals surface area contributed by atoms with E-state index in [4.69, 9.17) is 4.74 Å². The van der Waals surface area contributed by atoms with E-state index in [1.165, 1.54) is 0 Å². The fourth-order valence-corrected chi connectivity index (χ4v) is 2.83. The second-order valence-electron chi connectivity index (χ2n) is 5.92. The predicted octanol–water partition coefficient (Wildman–Crippen LogP) is 3.12. The Morgan fingerprint density at radius 3 is 2.54 bits per heavy atom. The standard InChI is InChI=1S/C19H18BrN5O3/c1-12-21-9-14(10-22-12)17-16(11-26)18(25(24-17)7-8-28-2)23-19(27)13-3-5-15(20)6-4-13/h3-6,9-11H,7-8H2,1-2H3,(H,23,27). The highest BCUT2D eigenvalue weighted by atomic mass is 79.9. The van der Waals surface area contributed by atoms with Gasteiger partial charge in [-0.3, -0.25) is 9.59 Å². The largest absolute Gasteiger partial charge is 0.383 e. The van der Waals surface area contributed by atoms with Crippen molar-refractivity contribution in [3.8, 4) is 11.3 Å². The van der Waals surface area contributed by atoms with E-state index < -0.39 is 0 Å². The van der Waals surface area contributed by atoms with Gasteiger partial charge in [-0.1, -0.05) is 15.9 Å². The molecule has 2 aromatic heterocycles. The first-order chi connectivity index (χ1) is 13.5. The molecule has 0 unspecified atom stereocenters. The minimum Gasteiger partial charge on any atom is -0.383 e. The van der Waals surface area contributed by atoms with Crippen molar-refractivity contribution in [2.75, 3.05) is 19.0 Å². The fraction of sp³-hybridized carbons (Fsp3) is 0.211. The van der Waals surface area contributed by atoms with Crippen molar-refractivity contribution in [3.63, 3.8) is 0 Å². The zero-order valence-corrected chi connectivity index (χ0v) is 16.9. The highest BCUT2D eigenvalue weighted by molar-refractivity contribution is 9.10. The Morgan fingerprint density at radius 2 is 1.93 bits per heavy atom. The number of aryl methyl sites for hydroxylation is 1. The van der Waals surface area contributed by atoms with Crippen LogP contribution in [0.25, 0.3) is 11.3 Å². The molecule has 3 rings (SSSR count). The summed E-state index contributed by atoms with van der Waals surface area (Å²) in [4.78, 5) is 32.8. The molecule has 0 aliphatic rings. The Morgan fingerprint density at radius 1 is 1.25 bits per heavy atom. The number of ether oxygens (including phenoxy) is 1. The summed E-state index contributed by atoms with van der Waals surface area (Å²) < 4.78 is 7.52. The number of halogens is 1. The van der Waals surface area contributed by atoms with Gasteiger partial charge >= 0.3 is 0 Å². The van der Waals surface area contributed by atoms with Crippen LogP contribution in [0.15, 0.2) is 41.1 Å². The third kappa shape index (κ3) is 4.32. The van der Waals surface area contributed by atoms with Crippen LogP contribution >= 0.6 is 15.9 Å². The number of hydrogen-bond donors (Lipinski definition) is 1. The van der Waals surface area contributed by atoms with Gasteiger partial charge in [0.25, 0.3) is 5.91 Å². The molecule has 1 N–H and O–H groups in total. The molecule has 28 heavy (non-hydrogen) atoms. The van der Waals surface area contributed by atoms with Gasteiger partial charge < -0.3 is 10.1 Å². The number of nitrogens with one attached hydrogen (secondary N) is 1. The fourth-order valence-electron chi connectivity index (χ4n) is 2.57. The lowest BCUT2D eigenvalue weighted by molar-refractivity contribution is 0.102. The van der Waals surface area contributed by atoms with E-state index in [2.05, 4.69) is 36.3 Å². The Kier molecular flexibility index (Phi) is 6.27. The summed E-state index contributed by atoms with van der Waals surface area (Å²) in [5.74, 6) is 0.565. The number of aldehydes is 1. The number of nitrogens with zero attached hydrogens (tertiary/aromatic N) is 4. The van der Waals surface area contributed by atoms with Gasteiger partial charge in [0.2, 0.25) is 0 Å². The minimum absolute atomic E-state index is 0.258. The smallest absolute Gasteiger partial charge is 0.256 e. The minimum atomic E-state index is -0.346. The first-order valence-corrected chi connectivity index (χ1v) is 9.23. The number of benzene rings is 1. The van der Waals surface area contributed by atoms with E-state index in [1.54, 1.807) is 55.4 Å². The molecule has 8 nitrogen and oxygen atoms in total. The molecule has 9 heteroatoms. The maximum Gasteiger partial charge on any atom is 0.256 e. The number of anilines is 1. The number of rotatable bonds is 7. The first kappa shape index (κ1) is 19.8. The molecule has 1 aromatic carbocycles. The monoisotopic (exact) mass is 443 g/mol. The van der Waals surface area contributed by atoms with E-state index in [9.17, 15) is 9.59 Å². The third-order valence-electron chi connectivity index (χ3n) is 4.01. The maximum absolute atomic E-state index is 12.7. The lowest BCUT2D eigenvalue weighted by atomic mass is 10.1. The highest BCUT2D eigenvalue weighted by Crippen LogP contribution is 2.27. The Hall–Kier alpha value is -2.91. The van der Waals surface area contributed by atoms with Crippen LogP contribution in [0, 0.1) is 6.92 Å². The SMILES string of the molecule is COCCn1nc(-c2cnc(C)nc2)c(C=O)c1NC(=O)c1ccc(Br)cc1. The average Bonchev–Trinajstić information content (AvgIpc) is 3.04. The van der Waals surface area contributed by atoms with Crippen molar-refractivity contribution in [2.24, 2.45) is 0 Å².